The molecule has 0 aliphatic rings. The summed E-state index contributed by atoms with van der Waals surface area (Å²) in [6, 6.07) is 4.34. The highest BCUT2D eigenvalue weighted by Crippen LogP contribution is 2.31. The predicted octanol–water partition coefficient (Wildman–Crippen LogP) is 4.99. The number of pyridine rings is 1. The molecule has 0 saturated carbocycles. The second-order valence-electron chi connectivity index (χ2n) is 7.26. The Kier molecular flexibility index (Phi) is 8.03. The van der Waals surface area contributed by atoms with Gasteiger partial charge in [-0.1, -0.05) is 38.7 Å². The molecule has 0 bridgehead atoms. The summed E-state index contributed by atoms with van der Waals surface area (Å²) in [4.78, 5) is 18.0. The van der Waals surface area contributed by atoms with Gasteiger partial charge in [0.15, 0.2) is 0 Å². The SMILES string of the molecule is C=C(C=CC(=CC)COc1nccc(C(C)c2nc3cnc(C)cc3s2)n1)CNCC. The van der Waals surface area contributed by atoms with Crippen molar-refractivity contribution < 1.29 is 4.74 Å². The predicted molar refractivity (Wildman–Crippen MR) is 128 cm³/mol. The van der Waals surface area contributed by atoms with Gasteiger partial charge in [0.25, 0.3) is 0 Å². The summed E-state index contributed by atoms with van der Waals surface area (Å²) in [5.74, 6) is 0.0403. The summed E-state index contributed by atoms with van der Waals surface area (Å²) < 4.78 is 7.00. The molecule has 0 radical (unpaired) electrons. The minimum Gasteiger partial charge on any atom is -0.459 e. The Morgan fingerprint density at radius 2 is 2.13 bits per heavy atom. The molecule has 0 aliphatic carbocycles. The fourth-order valence-corrected chi connectivity index (χ4v) is 3.97. The number of hydrogen-bond donors (Lipinski definition) is 1. The third kappa shape index (κ3) is 6.29. The van der Waals surface area contributed by atoms with Crippen molar-refractivity contribution >= 4 is 21.6 Å². The number of allylic oxidation sites excluding steroid dienone is 1. The summed E-state index contributed by atoms with van der Waals surface area (Å²) in [6.07, 6.45) is 9.59. The summed E-state index contributed by atoms with van der Waals surface area (Å²) in [5, 5.41) is 4.26. The average molecular weight is 436 g/mol. The molecule has 1 unspecified atom stereocenters. The van der Waals surface area contributed by atoms with Crippen LogP contribution in [0.2, 0.25) is 0 Å². The van der Waals surface area contributed by atoms with E-state index in [-0.39, 0.29) is 5.92 Å². The van der Waals surface area contributed by atoms with Crippen molar-refractivity contribution in [3.8, 4) is 6.01 Å². The lowest BCUT2D eigenvalue weighted by molar-refractivity contribution is 0.324. The number of thiazole rings is 1. The lowest BCUT2D eigenvalue weighted by atomic mass is 10.1. The van der Waals surface area contributed by atoms with Crippen LogP contribution in [0.3, 0.4) is 0 Å². The topological polar surface area (TPSA) is 72.8 Å². The molecule has 162 valence electrons. The van der Waals surface area contributed by atoms with E-state index in [1.165, 1.54) is 0 Å². The summed E-state index contributed by atoms with van der Waals surface area (Å²) in [7, 11) is 0. The number of fused-ring (bicyclic) bond motifs is 1. The fraction of sp³-hybridized carbons (Fsp3) is 0.333. The van der Waals surface area contributed by atoms with Crippen LogP contribution < -0.4 is 10.1 Å². The Labute approximate surface area is 187 Å². The van der Waals surface area contributed by atoms with Crippen LogP contribution in [-0.2, 0) is 0 Å². The number of nitrogens with one attached hydrogen (secondary N) is 1. The molecule has 3 rings (SSSR count). The van der Waals surface area contributed by atoms with Crippen molar-refractivity contribution in [1.82, 2.24) is 25.3 Å². The second-order valence-corrected chi connectivity index (χ2v) is 8.32. The van der Waals surface area contributed by atoms with Crippen molar-refractivity contribution in [3.05, 3.63) is 76.9 Å². The van der Waals surface area contributed by atoms with E-state index in [2.05, 4.69) is 46.8 Å². The first kappa shape index (κ1) is 22.8. The van der Waals surface area contributed by atoms with Gasteiger partial charge in [0, 0.05) is 18.4 Å². The first-order chi connectivity index (χ1) is 15.0. The summed E-state index contributed by atoms with van der Waals surface area (Å²) >= 11 is 1.67. The standard InChI is InChI=1S/C24H29N5OS/c1-6-19(9-8-16(3)13-25-7-2)15-30-24-26-11-10-20(29-24)18(5)23-28-21-14-27-17(4)12-22(21)31-23/h6,8-12,14,18,25H,3,7,13,15H2,1-2,4-5H3. The molecule has 3 aromatic rings. The molecule has 0 saturated heterocycles. The minimum atomic E-state index is 0.0403. The van der Waals surface area contributed by atoms with Gasteiger partial charge >= 0.3 is 6.01 Å². The van der Waals surface area contributed by atoms with Crippen molar-refractivity contribution in [3.63, 3.8) is 0 Å². The Balaban J connectivity index is 1.66. The molecule has 3 aromatic heterocycles. The molecule has 0 aliphatic heterocycles. The van der Waals surface area contributed by atoms with Crippen molar-refractivity contribution in [2.45, 2.75) is 33.6 Å². The van der Waals surface area contributed by atoms with Crippen LogP contribution in [-0.4, -0.2) is 39.6 Å². The van der Waals surface area contributed by atoms with Crippen molar-refractivity contribution in [1.29, 1.82) is 0 Å². The quantitative estimate of drug-likeness (QED) is 0.452. The molecular formula is C24H29N5OS. The van der Waals surface area contributed by atoms with Gasteiger partial charge < -0.3 is 10.1 Å². The molecule has 0 aromatic carbocycles. The Morgan fingerprint density at radius 3 is 2.90 bits per heavy atom. The Bertz CT molecular complexity index is 1100. The lowest BCUT2D eigenvalue weighted by Gasteiger charge is -2.10. The third-order valence-electron chi connectivity index (χ3n) is 4.77. The molecule has 7 heteroatoms. The maximum absolute atomic E-state index is 5.86. The molecule has 6 nitrogen and oxygen atoms in total. The van der Waals surface area contributed by atoms with Gasteiger partial charge in [-0.05, 0) is 43.7 Å². The molecule has 1 N–H and O–H groups in total. The molecule has 1 atom stereocenters. The third-order valence-corrected chi connectivity index (χ3v) is 5.97. The van der Waals surface area contributed by atoms with Gasteiger partial charge in [-0.25, -0.2) is 9.97 Å². The van der Waals surface area contributed by atoms with Crippen molar-refractivity contribution in [2.24, 2.45) is 0 Å². The van der Waals surface area contributed by atoms with E-state index in [0.29, 0.717) is 12.6 Å². The molecular weight excluding hydrogens is 406 g/mol. The van der Waals surface area contributed by atoms with Crippen LogP contribution >= 0.6 is 11.3 Å². The van der Waals surface area contributed by atoms with Gasteiger partial charge in [0.05, 0.1) is 28.0 Å². The number of aromatic nitrogens is 4. The number of aryl methyl sites for hydroxylation is 1. The van der Waals surface area contributed by atoms with Gasteiger partial charge in [-0.2, -0.15) is 4.98 Å². The molecule has 3 heterocycles. The van der Waals surface area contributed by atoms with E-state index in [9.17, 15) is 0 Å². The maximum Gasteiger partial charge on any atom is 0.316 e. The second kappa shape index (κ2) is 10.9. The molecule has 0 amide bonds. The number of likely N-dealkylation sites (N-methyl/N-ethyl adjacent to an activating group) is 1. The Hall–Kier alpha value is -2.90. The number of rotatable bonds is 10. The van der Waals surface area contributed by atoms with E-state index in [1.54, 1.807) is 17.5 Å². The number of ether oxygens (including phenoxy) is 1. The normalized spacial score (nSPS) is 13.1. The maximum atomic E-state index is 5.86. The van der Waals surface area contributed by atoms with E-state index in [4.69, 9.17) is 9.72 Å². The van der Waals surface area contributed by atoms with Crippen LogP contribution in [0, 0.1) is 6.92 Å². The summed E-state index contributed by atoms with van der Waals surface area (Å²) in [5.41, 5.74) is 4.85. The van der Waals surface area contributed by atoms with Gasteiger partial charge in [0.1, 0.15) is 11.6 Å². The van der Waals surface area contributed by atoms with Gasteiger partial charge in [-0.15, -0.1) is 11.3 Å². The first-order valence-corrected chi connectivity index (χ1v) is 11.2. The van der Waals surface area contributed by atoms with Gasteiger partial charge in [0.2, 0.25) is 0 Å². The molecule has 0 fully saturated rings. The fourth-order valence-electron chi connectivity index (χ4n) is 2.87. The highest BCUT2D eigenvalue weighted by Gasteiger charge is 2.16. The van der Waals surface area contributed by atoms with E-state index in [0.717, 1.165) is 50.8 Å². The van der Waals surface area contributed by atoms with E-state index < -0.39 is 0 Å². The zero-order chi connectivity index (χ0) is 22.2. The number of nitrogens with zero attached hydrogens (tertiary/aromatic N) is 4. The van der Waals surface area contributed by atoms with Crippen LogP contribution in [0.15, 0.2) is 60.5 Å². The largest absolute Gasteiger partial charge is 0.459 e. The Morgan fingerprint density at radius 1 is 1.29 bits per heavy atom. The van der Waals surface area contributed by atoms with Crippen LogP contribution in [0.5, 0.6) is 6.01 Å². The van der Waals surface area contributed by atoms with E-state index in [1.807, 2.05) is 44.3 Å². The minimum absolute atomic E-state index is 0.0403. The van der Waals surface area contributed by atoms with Crippen molar-refractivity contribution in [2.75, 3.05) is 19.7 Å². The zero-order valence-corrected chi connectivity index (χ0v) is 19.4. The molecule has 0 spiro atoms. The van der Waals surface area contributed by atoms with E-state index >= 15 is 0 Å². The monoisotopic (exact) mass is 435 g/mol. The van der Waals surface area contributed by atoms with Crippen LogP contribution in [0.25, 0.3) is 10.2 Å². The van der Waals surface area contributed by atoms with Crippen LogP contribution in [0.1, 0.15) is 43.1 Å². The average Bonchev–Trinajstić information content (AvgIpc) is 3.20. The highest BCUT2D eigenvalue weighted by molar-refractivity contribution is 7.18. The highest BCUT2D eigenvalue weighted by atomic mass is 32.1. The smallest absolute Gasteiger partial charge is 0.316 e. The molecule has 31 heavy (non-hydrogen) atoms. The summed E-state index contributed by atoms with van der Waals surface area (Å²) in [6.45, 7) is 14.3. The van der Waals surface area contributed by atoms with Gasteiger partial charge in [-0.3, -0.25) is 4.98 Å². The number of hydrogen-bond acceptors (Lipinski definition) is 7. The first-order valence-electron chi connectivity index (χ1n) is 10.4. The zero-order valence-electron chi connectivity index (χ0n) is 18.6. The van der Waals surface area contributed by atoms with Crippen LogP contribution in [0.4, 0.5) is 0 Å². The lowest BCUT2D eigenvalue weighted by Crippen LogP contribution is -2.14.